The van der Waals surface area contributed by atoms with Crippen LogP contribution in [0.5, 0.6) is 0 Å². The minimum atomic E-state index is 1.28. The summed E-state index contributed by atoms with van der Waals surface area (Å²) < 4.78 is 0. The zero-order valence-electron chi connectivity index (χ0n) is 13.8. The first kappa shape index (κ1) is 18.2. The van der Waals surface area contributed by atoms with Gasteiger partial charge in [-0.1, -0.05) is 76.3 Å². The van der Waals surface area contributed by atoms with Gasteiger partial charge < -0.3 is 0 Å². The summed E-state index contributed by atoms with van der Waals surface area (Å²) in [6, 6.07) is 13.0. The Morgan fingerprint density at radius 1 is 0.750 bits per heavy atom. The molecule has 0 aromatic heterocycles. The number of fused-ring (bicyclic) bond motifs is 1. The number of hydrogen-bond donors (Lipinski definition) is 0. The molecule has 0 aliphatic rings. The van der Waals surface area contributed by atoms with Crippen LogP contribution in [0.4, 0.5) is 0 Å². The van der Waals surface area contributed by atoms with Crippen molar-refractivity contribution in [2.75, 3.05) is 0 Å². The van der Waals surface area contributed by atoms with Gasteiger partial charge in [0.1, 0.15) is 0 Å². The van der Waals surface area contributed by atoms with Crippen molar-refractivity contribution in [3.63, 3.8) is 0 Å². The normalized spacial score (nSPS) is 11.9. The van der Waals surface area contributed by atoms with Crippen LogP contribution >= 0.6 is 0 Å². The summed E-state index contributed by atoms with van der Waals surface area (Å²) in [5.74, 6) is 0. The Hall–Kier alpha value is -1.82. The molecule has 0 heterocycles. The van der Waals surface area contributed by atoms with E-state index in [1.54, 1.807) is 0 Å². The summed E-state index contributed by atoms with van der Waals surface area (Å²) >= 11 is 0. The van der Waals surface area contributed by atoms with Crippen molar-refractivity contribution in [3.05, 3.63) is 59.0 Å². The Kier molecular flexibility index (Phi) is 10.0. The van der Waals surface area contributed by atoms with E-state index in [4.69, 9.17) is 0 Å². The topological polar surface area (TPSA) is 0 Å². The molecular formula is C20H28. The van der Waals surface area contributed by atoms with Crippen LogP contribution < -0.4 is 10.4 Å². The molecule has 0 N–H and O–H groups in total. The predicted molar refractivity (Wildman–Crippen MR) is 95.3 cm³/mol. The number of hydrogen-bond acceptors (Lipinski definition) is 0. The molecule has 0 aliphatic heterocycles. The molecule has 0 atom stereocenters. The quantitative estimate of drug-likeness (QED) is 0.679. The van der Waals surface area contributed by atoms with Gasteiger partial charge in [-0.05, 0) is 47.2 Å². The van der Waals surface area contributed by atoms with Crippen molar-refractivity contribution in [1.29, 1.82) is 0 Å². The Morgan fingerprint density at radius 2 is 1.25 bits per heavy atom. The third-order valence-electron chi connectivity index (χ3n) is 2.73. The first-order chi connectivity index (χ1) is 9.85. The van der Waals surface area contributed by atoms with Gasteiger partial charge in [0.05, 0.1) is 0 Å². The van der Waals surface area contributed by atoms with Gasteiger partial charge in [-0.15, -0.1) is 0 Å². The second-order valence-corrected chi connectivity index (χ2v) is 3.81. The van der Waals surface area contributed by atoms with E-state index in [1.165, 1.54) is 21.2 Å². The third-order valence-corrected chi connectivity index (χ3v) is 2.73. The van der Waals surface area contributed by atoms with Crippen molar-refractivity contribution in [3.8, 4) is 0 Å². The predicted octanol–water partition coefficient (Wildman–Crippen LogP) is 5.05. The molecule has 0 heteroatoms. The molecule has 0 amide bonds. The van der Waals surface area contributed by atoms with Crippen LogP contribution in [-0.2, 0) is 0 Å². The fraction of sp³-hybridized carbons (Fsp3) is 0.300. The lowest BCUT2D eigenvalue weighted by atomic mass is 10.1. The van der Waals surface area contributed by atoms with E-state index in [-0.39, 0.29) is 0 Å². The maximum atomic E-state index is 2.24. The van der Waals surface area contributed by atoms with Crippen molar-refractivity contribution >= 4 is 22.9 Å². The lowest BCUT2D eigenvalue weighted by molar-refractivity contribution is 1.50. The molecule has 108 valence electrons. The molecule has 0 bridgehead atoms. The van der Waals surface area contributed by atoms with Crippen molar-refractivity contribution in [2.45, 2.75) is 41.5 Å². The highest BCUT2D eigenvalue weighted by Gasteiger charge is 1.91. The van der Waals surface area contributed by atoms with E-state index >= 15 is 0 Å². The second kappa shape index (κ2) is 11.0. The SMILES string of the molecule is CC.CC.C\C=C/C=c1/cc2ccccc2c/c1=C/C. The van der Waals surface area contributed by atoms with Gasteiger partial charge in [0.15, 0.2) is 0 Å². The molecule has 0 nitrogen and oxygen atoms in total. The standard InChI is InChI=1S/C16H16.2C2H6/c1-3-5-8-14-12-16-10-7-6-9-15(16)11-13(14)4-2;2*1-2/h3-12H,1-2H3;2*1-2H3/b5-3-,13-4-,14-8-;;. The van der Waals surface area contributed by atoms with Gasteiger partial charge in [-0.25, -0.2) is 0 Å². The van der Waals surface area contributed by atoms with Crippen LogP contribution in [-0.4, -0.2) is 0 Å². The van der Waals surface area contributed by atoms with Gasteiger partial charge in [0.25, 0.3) is 0 Å². The number of benzene rings is 2. The summed E-state index contributed by atoms with van der Waals surface area (Å²) in [5, 5.41) is 5.16. The van der Waals surface area contributed by atoms with Crippen LogP contribution in [0.3, 0.4) is 0 Å². The van der Waals surface area contributed by atoms with Crippen LogP contribution in [0.1, 0.15) is 41.5 Å². The molecule has 2 aromatic rings. The third kappa shape index (κ3) is 5.05. The monoisotopic (exact) mass is 268 g/mol. The Morgan fingerprint density at radius 3 is 1.70 bits per heavy atom. The molecule has 0 unspecified atom stereocenters. The largest absolute Gasteiger partial charge is 0.0876 e. The Labute approximate surface area is 124 Å². The van der Waals surface area contributed by atoms with Crippen molar-refractivity contribution < 1.29 is 0 Å². The molecule has 0 fully saturated rings. The van der Waals surface area contributed by atoms with Gasteiger partial charge in [0.2, 0.25) is 0 Å². The minimum absolute atomic E-state index is 1.28. The summed E-state index contributed by atoms with van der Waals surface area (Å²) in [6.07, 6.45) is 8.44. The van der Waals surface area contributed by atoms with Crippen LogP contribution in [0.2, 0.25) is 0 Å². The molecule has 0 spiro atoms. The van der Waals surface area contributed by atoms with Crippen LogP contribution in [0, 0.1) is 0 Å². The smallest absolute Gasteiger partial charge is 0.0178 e. The molecule has 20 heavy (non-hydrogen) atoms. The van der Waals surface area contributed by atoms with Crippen LogP contribution in [0.25, 0.3) is 22.9 Å². The average Bonchev–Trinajstić information content (AvgIpc) is 2.55. The summed E-state index contributed by atoms with van der Waals surface area (Å²) in [5.41, 5.74) is 0. The zero-order valence-corrected chi connectivity index (χ0v) is 13.8. The van der Waals surface area contributed by atoms with Crippen LogP contribution in [0.15, 0.2) is 48.6 Å². The molecule has 0 aliphatic carbocycles. The maximum Gasteiger partial charge on any atom is -0.0178 e. The van der Waals surface area contributed by atoms with E-state index in [1.807, 2.05) is 34.6 Å². The molecule has 0 saturated carbocycles. The van der Waals surface area contributed by atoms with Gasteiger partial charge in [0, 0.05) is 0 Å². The number of rotatable bonds is 1. The first-order valence-electron chi connectivity index (χ1n) is 7.63. The molecule has 2 aromatic carbocycles. The lowest BCUT2D eigenvalue weighted by Crippen LogP contribution is -2.23. The Bertz CT molecular complexity index is 631. The molecule has 0 radical (unpaired) electrons. The molecular weight excluding hydrogens is 240 g/mol. The molecule has 2 rings (SSSR count). The zero-order chi connectivity index (χ0) is 15.4. The first-order valence-corrected chi connectivity index (χ1v) is 7.63. The van der Waals surface area contributed by atoms with Gasteiger partial charge in [-0.3, -0.25) is 0 Å². The van der Waals surface area contributed by atoms with Crippen molar-refractivity contribution in [2.24, 2.45) is 0 Å². The fourth-order valence-corrected chi connectivity index (χ4v) is 1.87. The highest BCUT2D eigenvalue weighted by atomic mass is 14.0. The lowest BCUT2D eigenvalue weighted by Gasteiger charge is -1.97. The molecule has 0 saturated heterocycles. The highest BCUT2D eigenvalue weighted by Crippen LogP contribution is 2.07. The fourth-order valence-electron chi connectivity index (χ4n) is 1.87. The summed E-state index contributed by atoms with van der Waals surface area (Å²) in [4.78, 5) is 0. The van der Waals surface area contributed by atoms with E-state index in [0.29, 0.717) is 0 Å². The highest BCUT2D eigenvalue weighted by molar-refractivity contribution is 5.82. The minimum Gasteiger partial charge on any atom is -0.0876 e. The number of allylic oxidation sites excluding steroid dienone is 2. The Balaban J connectivity index is 0.000000829. The second-order valence-electron chi connectivity index (χ2n) is 3.81. The van der Waals surface area contributed by atoms with E-state index < -0.39 is 0 Å². The van der Waals surface area contributed by atoms with E-state index in [0.717, 1.165) is 0 Å². The van der Waals surface area contributed by atoms with E-state index in [2.05, 4.69) is 67.6 Å². The van der Waals surface area contributed by atoms with Gasteiger partial charge in [-0.2, -0.15) is 0 Å². The maximum absolute atomic E-state index is 2.24. The van der Waals surface area contributed by atoms with E-state index in [9.17, 15) is 0 Å². The van der Waals surface area contributed by atoms with Gasteiger partial charge >= 0.3 is 0 Å². The summed E-state index contributed by atoms with van der Waals surface area (Å²) in [6.45, 7) is 12.1. The summed E-state index contributed by atoms with van der Waals surface area (Å²) in [7, 11) is 0. The van der Waals surface area contributed by atoms with Crippen molar-refractivity contribution in [1.82, 2.24) is 0 Å². The average molecular weight is 268 g/mol.